The van der Waals surface area contributed by atoms with Crippen LogP contribution in [0.25, 0.3) is 0 Å². The van der Waals surface area contributed by atoms with Crippen molar-refractivity contribution in [3.63, 3.8) is 0 Å². The SMILES string of the molecule is CCCc1cc2c(cc1O)CC[C@H]1[C@@H]3[C@H](CCCC(=O)CCc4ccccc4)CC(=O)[C@@]3(C)CC[C@H]21. The monoisotopic (exact) mass is 486 g/mol. The zero-order chi connectivity index (χ0) is 25.3. The molecule has 0 heterocycles. The van der Waals surface area contributed by atoms with Gasteiger partial charge in [-0.05, 0) is 103 Å². The minimum absolute atomic E-state index is 0.191. The van der Waals surface area contributed by atoms with Crippen LogP contribution >= 0.6 is 0 Å². The molecule has 3 aliphatic rings. The van der Waals surface area contributed by atoms with Crippen LogP contribution in [-0.4, -0.2) is 16.7 Å². The standard InChI is InChI=1S/C33H42O3/c1-3-8-24-19-29-23(20-30(24)35)14-16-28-27(29)17-18-33(2)31(36)21-25(32(28)33)11-7-12-26(34)15-13-22-9-5-4-6-10-22/h4-6,9-10,19-20,25,27-28,32,35H,3,7-8,11-18,21H2,1-2H3/t25-,27+,28-,32+,33-/m1/s1. The zero-order valence-corrected chi connectivity index (χ0v) is 22.1. The van der Waals surface area contributed by atoms with E-state index in [2.05, 4.69) is 32.0 Å². The predicted octanol–water partition coefficient (Wildman–Crippen LogP) is 7.37. The first-order chi connectivity index (χ1) is 17.4. The van der Waals surface area contributed by atoms with E-state index in [0.717, 1.165) is 63.4 Å². The van der Waals surface area contributed by atoms with Crippen molar-refractivity contribution in [2.45, 2.75) is 96.8 Å². The summed E-state index contributed by atoms with van der Waals surface area (Å²) in [5.74, 6) is 3.16. The van der Waals surface area contributed by atoms with Crippen LogP contribution in [0, 0.1) is 23.2 Å². The molecule has 192 valence electrons. The molecule has 2 saturated carbocycles. The van der Waals surface area contributed by atoms with Gasteiger partial charge in [-0.2, -0.15) is 0 Å². The minimum atomic E-state index is -0.191. The molecule has 0 saturated heterocycles. The Bertz CT molecular complexity index is 1100. The van der Waals surface area contributed by atoms with Gasteiger partial charge in [0, 0.05) is 24.7 Å². The largest absolute Gasteiger partial charge is 0.508 e. The van der Waals surface area contributed by atoms with Crippen LogP contribution in [0.2, 0.25) is 0 Å². The van der Waals surface area contributed by atoms with E-state index >= 15 is 0 Å². The quantitative estimate of drug-likeness (QED) is 0.403. The van der Waals surface area contributed by atoms with Crippen molar-refractivity contribution in [2.24, 2.45) is 23.2 Å². The highest BCUT2D eigenvalue weighted by Crippen LogP contribution is 2.62. The molecule has 3 aliphatic carbocycles. The van der Waals surface area contributed by atoms with Crippen molar-refractivity contribution < 1.29 is 14.7 Å². The van der Waals surface area contributed by atoms with E-state index in [-0.39, 0.29) is 5.41 Å². The number of carbonyl (C=O) groups is 2. The van der Waals surface area contributed by atoms with Crippen molar-refractivity contribution >= 4 is 11.6 Å². The van der Waals surface area contributed by atoms with Gasteiger partial charge in [0.1, 0.15) is 17.3 Å². The number of phenols is 1. The fraction of sp³-hybridized carbons (Fsp3) is 0.576. The molecular formula is C33H42O3. The molecule has 2 aromatic carbocycles. The minimum Gasteiger partial charge on any atom is -0.508 e. The van der Waals surface area contributed by atoms with Crippen molar-refractivity contribution in [1.29, 1.82) is 0 Å². The summed E-state index contributed by atoms with van der Waals surface area (Å²) in [6.07, 6.45) is 10.8. The van der Waals surface area contributed by atoms with Crippen LogP contribution in [0.15, 0.2) is 42.5 Å². The van der Waals surface area contributed by atoms with Crippen molar-refractivity contribution in [2.75, 3.05) is 0 Å². The lowest BCUT2D eigenvalue weighted by molar-refractivity contribution is -0.129. The number of phenolic OH excluding ortho intramolecular Hbond substituents is 1. The van der Waals surface area contributed by atoms with Gasteiger partial charge in [0.25, 0.3) is 0 Å². The average Bonchev–Trinajstić information content (AvgIpc) is 3.13. The second kappa shape index (κ2) is 10.5. The van der Waals surface area contributed by atoms with Gasteiger partial charge in [0.15, 0.2) is 0 Å². The molecular weight excluding hydrogens is 444 g/mol. The second-order valence-corrected chi connectivity index (χ2v) is 12.0. The van der Waals surface area contributed by atoms with Gasteiger partial charge < -0.3 is 5.11 Å². The van der Waals surface area contributed by atoms with Crippen LogP contribution in [0.4, 0.5) is 0 Å². The number of aryl methyl sites for hydroxylation is 3. The third-order valence-corrected chi connectivity index (χ3v) is 9.85. The van der Waals surface area contributed by atoms with Crippen LogP contribution in [-0.2, 0) is 28.9 Å². The van der Waals surface area contributed by atoms with E-state index in [4.69, 9.17) is 0 Å². The Balaban J connectivity index is 1.26. The van der Waals surface area contributed by atoms with E-state index in [9.17, 15) is 14.7 Å². The number of carbonyl (C=O) groups excluding carboxylic acids is 2. The number of hydrogen-bond acceptors (Lipinski definition) is 3. The third-order valence-electron chi connectivity index (χ3n) is 9.85. The lowest BCUT2D eigenvalue weighted by atomic mass is 9.54. The van der Waals surface area contributed by atoms with Crippen LogP contribution < -0.4 is 0 Å². The van der Waals surface area contributed by atoms with Crippen molar-refractivity contribution in [3.8, 4) is 5.75 Å². The summed E-state index contributed by atoms with van der Waals surface area (Å²) in [4.78, 5) is 25.9. The summed E-state index contributed by atoms with van der Waals surface area (Å²) >= 11 is 0. The third kappa shape index (κ3) is 4.78. The van der Waals surface area contributed by atoms with Crippen molar-refractivity contribution in [1.82, 2.24) is 0 Å². The van der Waals surface area contributed by atoms with Crippen LogP contribution in [0.3, 0.4) is 0 Å². The molecule has 5 rings (SSSR count). The number of fused-ring (bicyclic) bond motifs is 5. The Morgan fingerprint density at radius 2 is 1.89 bits per heavy atom. The van der Waals surface area contributed by atoms with E-state index in [0.29, 0.717) is 60.3 Å². The van der Waals surface area contributed by atoms with Gasteiger partial charge in [-0.25, -0.2) is 0 Å². The molecule has 0 radical (unpaired) electrons. The first kappa shape index (κ1) is 25.2. The Labute approximate surface area is 216 Å². The zero-order valence-electron chi connectivity index (χ0n) is 22.1. The molecule has 0 aliphatic heterocycles. The summed E-state index contributed by atoms with van der Waals surface area (Å²) < 4.78 is 0. The molecule has 3 heteroatoms. The maximum absolute atomic E-state index is 13.3. The van der Waals surface area contributed by atoms with E-state index < -0.39 is 0 Å². The van der Waals surface area contributed by atoms with Gasteiger partial charge in [0.2, 0.25) is 0 Å². The van der Waals surface area contributed by atoms with E-state index in [1.807, 2.05) is 24.3 Å². The van der Waals surface area contributed by atoms with Gasteiger partial charge in [-0.15, -0.1) is 0 Å². The Hall–Kier alpha value is -2.42. The number of ketones is 2. The second-order valence-electron chi connectivity index (χ2n) is 12.0. The lowest BCUT2D eigenvalue weighted by Crippen LogP contribution is -2.44. The average molecular weight is 487 g/mol. The molecule has 36 heavy (non-hydrogen) atoms. The summed E-state index contributed by atoms with van der Waals surface area (Å²) in [6.45, 7) is 4.41. The van der Waals surface area contributed by atoms with Gasteiger partial charge in [-0.3, -0.25) is 9.59 Å². The fourth-order valence-electron chi connectivity index (χ4n) is 8.06. The highest BCUT2D eigenvalue weighted by molar-refractivity contribution is 5.87. The predicted molar refractivity (Wildman–Crippen MR) is 144 cm³/mol. The number of aromatic hydroxyl groups is 1. The smallest absolute Gasteiger partial charge is 0.139 e. The highest BCUT2D eigenvalue weighted by Gasteiger charge is 2.58. The number of benzene rings is 2. The highest BCUT2D eigenvalue weighted by atomic mass is 16.3. The molecule has 0 bridgehead atoms. The van der Waals surface area contributed by atoms with Crippen molar-refractivity contribution in [3.05, 3.63) is 64.7 Å². The number of hydrogen-bond donors (Lipinski definition) is 1. The maximum atomic E-state index is 13.3. The Kier molecular flexibility index (Phi) is 7.37. The first-order valence-corrected chi connectivity index (χ1v) is 14.3. The molecule has 2 fully saturated rings. The maximum Gasteiger partial charge on any atom is 0.139 e. The van der Waals surface area contributed by atoms with Crippen LogP contribution in [0.1, 0.15) is 99.8 Å². The fourth-order valence-corrected chi connectivity index (χ4v) is 8.06. The summed E-state index contributed by atoms with van der Waals surface area (Å²) in [6, 6.07) is 14.6. The number of rotatable bonds is 9. The Morgan fingerprint density at radius 1 is 1.08 bits per heavy atom. The van der Waals surface area contributed by atoms with Gasteiger partial charge in [0.05, 0.1) is 0 Å². The molecule has 2 aromatic rings. The lowest BCUT2D eigenvalue weighted by Gasteiger charge is -2.50. The normalized spacial score (nSPS) is 28.9. The molecule has 0 unspecified atom stereocenters. The Morgan fingerprint density at radius 3 is 2.67 bits per heavy atom. The first-order valence-electron chi connectivity index (χ1n) is 14.3. The molecule has 3 nitrogen and oxygen atoms in total. The molecule has 5 atom stereocenters. The van der Waals surface area contributed by atoms with Crippen LogP contribution in [0.5, 0.6) is 5.75 Å². The van der Waals surface area contributed by atoms with E-state index in [1.54, 1.807) is 0 Å². The molecule has 0 spiro atoms. The molecule has 0 amide bonds. The molecule has 0 aromatic heterocycles. The summed E-state index contributed by atoms with van der Waals surface area (Å²) in [5, 5.41) is 10.5. The topological polar surface area (TPSA) is 54.4 Å². The summed E-state index contributed by atoms with van der Waals surface area (Å²) in [7, 11) is 0. The summed E-state index contributed by atoms with van der Waals surface area (Å²) in [5.41, 5.74) is 4.89. The van der Waals surface area contributed by atoms with Gasteiger partial charge in [-0.1, -0.05) is 56.7 Å². The molecule has 1 N–H and O–H groups in total. The van der Waals surface area contributed by atoms with Gasteiger partial charge >= 0.3 is 0 Å². The number of Topliss-reactive ketones (excluding diaryl/α,β-unsaturated/α-hetero) is 2. The van der Waals surface area contributed by atoms with E-state index in [1.165, 1.54) is 16.7 Å².